The van der Waals surface area contributed by atoms with Crippen molar-refractivity contribution in [3.8, 4) is 11.5 Å². The molecule has 2 aliphatic rings. The predicted octanol–water partition coefficient (Wildman–Crippen LogP) is 3.38. The van der Waals surface area contributed by atoms with Crippen molar-refractivity contribution in [2.45, 2.75) is 12.8 Å². The predicted molar refractivity (Wildman–Crippen MR) is 141 cm³/mol. The highest BCUT2D eigenvalue weighted by atomic mass is 127. The average molecular weight is 584 g/mol. The number of amides is 1. The third-order valence-corrected chi connectivity index (χ3v) is 6.86. The molecule has 5 rings (SSSR count). The number of fused-ring (bicyclic) bond motifs is 2. The van der Waals surface area contributed by atoms with Gasteiger partial charge in [-0.1, -0.05) is 60.3 Å². The SMILES string of the molecule is COc1cc([C@@H]2N=c3ccccc3=C3C(=O)NC(SC)=NN32)cc(I)c1OCc1ccccc1. The Kier molecular flexibility index (Phi) is 6.46. The van der Waals surface area contributed by atoms with Gasteiger partial charge in [-0.2, -0.15) is 0 Å². The lowest BCUT2D eigenvalue weighted by Crippen LogP contribution is -2.50. The maximum absolute atomic E-state index is 13.0. The molecule has 2 aliphatic heterocycles. The summed E-state index contributed by atoms with van der Waals surface area (Å²) < 4.78 is 12.7. The van der Waals surface area contributed by atoms with E-state index in [9.17, 15) is 4.79 Å². The molecule has 0 saturated heterocycles. The van der Waals surface area contributed by atoms with Crippen LogP contribution in [-0.2, 0) is 11.4 Å². The van der Waals surface area contributed by atoms with Crippen LogP contribution in [0.1, 0.15) is 17.3 Å². The summed E-state index contributed by atoms with van der Waals surface area (Å²) in [5, 5.41) is 11.3. The molecule has 0 aromatic heterocycles. The van der Waals surface area contributed by atoms with E-state index in [2.05, 4.69) is 33.0 Å². The number of ether oxygens (including phenoxy) is 2. The molecule has 1 N–H and O–H groups in total. The van der Waals surface area contributed by atoms with Crippen molar-refractivity contribution in [1.29, 1.82) is 0 Å². The van der Waals surface area contributed by atoms with Crippen molar-refractivity contribution in [1.82, 2.24) is 10.3 Å². The summed E-state index contributed by atoms with van der Waals surface area (Å²) in [5.41, 5.74) is 2.40. The summed E-state index contributed by atoms with van der Waals surface area (Å²) in [4.78, 5) is 18.0. The van der Waals surface area contributed by atoms with Crippen LogP contribution < -0.4 is 25.4 Å². The van der Waals surface area contributed by atoms with Crippen LogP contribution in [-0.4, -0.2) is 29.4 Å². The van der Waals surface area contributed by atoms with Gasteiger partial charge in [-0.15, -0.1) is 5.10 Å². The Balaban J connectivity index is 1.58. The molecule has 7 nitrogen and oxygen atoms in total. The van der Waals surface area contributed by atoms with Gasteiger partial charge in [0.1, 0.15) is 12.3 Å². The van der Waals surface area contributed by atoms with Crippen LogP contribution >= 0.6 is 34.4 Å². The molecule has 0 saturated carbocycles. The second kappa shape index (κ2) is 9.67. The summed E-state index contributed by atoms with van der Waals surface area (Å²) in [5.74, 6) is 1.07. The number of amidine groups is 1. The number of halogens is 1. The zero-order valence-electron chi connectivity index (χ0n) is 18.5. The topological polar surface area (TPSA) is 75.5 Å². The van der Waals surface area contributed by atoms with Crippen LogP contribution in [0.4, 0.5) is 0 Å². The first-order valence-electron chi connectivity index (χ1n) is 10.5. The highest BCUT2D eigenvalue weighted by Gasteiger charge is 2.34. The number of thioether (sulfide) groups is 1. The van der Waals surface area contributed by atoms with E-state index in [0.29, 0.717) is 29.0 Å². The lowest BCUT2D eigenvalue weighted by molar-refractivity contribution is -0.116. The smallest absolute Gasteiger partial charge is 0.276 e. The average Bonchev–Trinajstić information content (AvgIpc) is 2.87. The number of para-hydroxylation sites is 1. The van der Waals surface area contributed by atoms with Crippen molar-refractivity contribution >= 4 is 51.1 Å². The van der Waals surface area contributed by atoms with Gasteiger partial charge in [-0.05, 0) is 52.6 Å². The first-order chi connectivity index (χ1) is 16.6. The third kappa shape index (κ3) is 4.25. The fourth-order valence-corrected chi connectivity index (χ4v) is 5.04. The summed E-state index contributed by atoms with van der Waals surface area (Å²) in [7, 11) is 1.62. The van der Waals surface area contributed by atoms with Gasteiger partial charge in [0.25, 0.3) is 5.91 Å². The van der Waals surface area contributed by atoms with Gasteiger partial charge in [0.05, 0.1) is 16.0 Å². The van der Waals surface area contributed by atoms with Crippen LogP contribution in [0.3, 0.4) is 0 Å². The zero-order chi connectivity index (χ0) is 23.7. The van der Waals surface area contributed by atoms with E-state index in [0.717, 1.165) is 25.3 Å². The number of nitrogens with zero attached hydrogens (tertiary/aromatic N) is 3. The molecule has 2 heterocycles. The molecule has 0 aliphatic carbocycles. The van der Waals surface area contributed by atoms with Crippen LogP contribution in [0.5, 0.6) is 11.5 Å². The van der Waals surface area contributed by atoms with Crippen molar-refractivity contribution in [3.05, 3.63) is 92.0 Å². The highest BCUT2D eigenvalue weighted by Crippen LogP contribution is 2.39. The molecule has 9 heteroatoms. The van der Waals surface area contributed by atoms with Gasteiger partial charge in [0.2, 0.25) is 0 Å². The largest absolute Gasteiger partial charge is 0.493 e. The molecule has 3 aromatic carbocycles. The van der Waals surface area contributed by atoms with E-state index >= 15 is 0 Å². The number of hydrogen-bond acceptors (Lipinski definition) is 7. The van der Waals surface area contributed by atoms with E-state index in [4.69, 9.17) is 14.5 Å². The first kappa shape index (κ1) is 22.7. The number of rotatable bonds is 5. The Morgan fingerprint density at radius 2 is 1.88 bits per heavy atom. The van der Waals surface area contributed by atoms with Crippen LogP contribution in [0, 0.1) is 3.57 Å². The molecule has 34 heavy (non-hydrogen) atoms. The summed E-state index contributed by atoms with van der Waals surface area (Å²) in [6.45, 7) is 0.430. The Morgan fingerprint density at radius 1 is 1.12 bits per heavy atom. The van der Waals surface area contributed by atoms with Crippen LogP contribution in [0.2, 0.25) is 0 Å². The molecule has 0 fully saturated rings. The minimum Gasteiger partial charge on any atom is -0.493 e. The second-order valence-corrected chi connectivity index (χ2v) is 9.54. The Morgan fingerprint density at radius 3 is 2.65 bits per heavy atom. The van der Waals surface area contributed by atoms with E-state index in [1.807, 2.05) is 73.0 Å². The minimum absolute atomic E-state index is 0.198. The van der Waals surface area contributed by atoms with Gasteiger partial charge in [-0.3, -0.25) is 15.1 Å². The van der Waals surface area contributed by atoms with Crippen molar-refractivity contribution in [3.63, 3.8) is 0 Å². The minimum atomic E-state index is -0.524. The molecule has 0 bridgehead atoms. The monoisotopic (exact) mass is 584 g/mol. The Hall–Kier alpha value is -3.05. The lowest BCUT2D eigenvalue weighted by atomic mass is 10.1. The Bertz CT molecular complexity index is 1410. The summed E-state index contributed by atoms with van der Waals surface area (Å²) >= 11 is 3.62. The number of benzene rings is 3. The summed E-state index contributed by atoms with van der Waals surface area (Å²) in [6.07, 6.45) is 1.35. The number of methoxy groups -OCH3 is 1. The molecule has 3 aromatic rings. The first-order valence-corrected chi connectivity index (χ1v) is 12.8. The molecule has 0 spiro atoms. The van der Waals surface area contributed by atoms with Crippen molar-refractivity contribution in [2.24, 2.45) is 10.1 Å². The van der Waals surface area contributed by atoms with Gasteiger partial charge in [0.15, 0.2) is 22.8 Å². The molecular formula is C25H21IN4O3S. The van der Waals surface area contributed by atoms with Crippen molar-refractivity contribution in [2.75, 3.05) is 13.4 Å². The number of carbonyl (C=O) groups excluding carboxylic acids is 1. The van der Waals surface area contributed by atoms with Gasteiger partial charge in [0, 0.05) is 10.8 Å². The number of nitrogens with one attached hydrogen (secondary N) is 1. The molecule has 1 atom stereocenters. The van der Waals surface area contributed by atoms with Gasteiger partial charge >= 0.3 is 0 Å². The number of carbonyl (C=O) groups is 1. The number of hydrazone groups is 1. The maximum atomic E-state index is 13.0. The molecular weight excluding hydrogens is 563 g/mol. The lowest BCUT2D eigenvalue weighted by Gasteiger charge is -2.34. The number of hydrogen-bond donors (Lipinski definition) is 1. The fraction of sp³-hybridized carbons (Fsp3) is 0.160. The van der Waals surface area contributed by atoms with Crippen LogP contribution in [0.25, 0.3) is 5.70 Å². The van der Waals surface area contributed by atoms with E-state index in [-0.39, 0.29) is 5.91 Å². The quantitative estimate of drug-likeness (QED) is 0.466. The standard InChI is InChI=1S/C25H21IN4O3S/c1-32-20-13-16(12-18(26)22(20)33-14-15-8-4-3-5-9-15)23-27-19-11-7-6-10-17(19)21-24(31)28-25(34-2)29-30(21)23/h3-13,23H,14H2,1-2H3,(H,28,29,31)/t23-/m1/s1. The Labute approximate surface area is 214 Å². The third-order valence-electron chi connectivity index (χ3n) is 5.48. The second-order valence-electron chi connectivity index (χ2n) is 7.58. The molecule has 0 radical (unpaired) electrons. The van der Waals surface area contributed by atoms with E-state index in [1.165, 1.54) is 11.8 Å². The fourth-order valence-electron chi connectivity index (χ4n) is 3.90. The molecule has 172 valence electrons. The normalized spacial score (nSPS) is 16.6. The molecule has 0 unspecified atom stereocenters. The summed E-state index contributed by atoms with van der Waals surface area (Å²) in [6, 6.07) is 21.5. The van der Waals surface area contributed by atoms with E-state index < -0.39 is 6.17 Å². The maximum Gasteiger partial charge on any atom is 0.276 e. The molecule has 1 amide bonds. The van der Waals surface area contributed by atoms with E-state index in [1.54, 1.807) is 12.1 Å². The van der Waals surface area contributed by atoms with Crippen LogP contribution in [0.15, 0.2) is 76.8 Å². The highest BCUT2D eigenvalue weighted by molar-refractivity contribution is 14.1. The van der Waals surface area contributed by atoms with Gasteiger partial charge < -0.3 is 9.47 Å². The van der Waals surface area contributed by atoms with Crippen molar-refractivity contribution < 1.29 is 14.3 Å². The zero-order valence-corrected chi connectivity index (χ0v) is 21.5. The van der Waals surface area contributed by atoms with Gasteiger partial charge in [-0.25, -0.2) is 5.01 Å².